The fraction of sp³-hybridized carbons (Fsp3) is 0.364. The quantitative estimate of drug-likeness (QED) is 0.665. The number of nitrogens with two attached hydrogens (primary N) is 1. The second-order valence-corrected chi connectivity index (χ2v) is 3.62. The largest absolute Gasteiger partial charge is 0.382 e. The van der Waals surface area contributed by atoms with Crippen LogP contribution >= 0.6 is 0 Å². The van der Waals surface area contributed by atoms with Gasteiger partial charge in [-0.05, 0) is 30.2 Å². The van der Waals surface area contributed by atoms with Crippen molar-refractivity contribution in [1.29, 1.82) is 0 Å². The normalized spacial score (nSPS) is 12.4. The monoisotopic (exact) mass is 226 g/mol. The van der Waals surface area contributed by atoms with E-state index in [1.165, 1.54) is 12.1 Å². The fourth-order valence-electron chi connectivity index (χ4n) is 1.30. The van der Waals surface area contributed by atoms with Crippen LogP contribution in [0.15, 0.2) is 18.2 Å². The van der Waals surface area contributed by atoms with Crippen LogP contribution in [0.1, 0.15) is 11.1 Å². The van der Waals surface area contributed by atoms with Crippen LogP contribution in [0.3, 0.4) is 0 Å². The van der Waals surface area contributed by atoms with Crippen molar-refractivity contribution in [2.45, 2.75) is 19.6 Å². The molecule has 16 heavy (non-hydrogen) atoms. The zero-order valence-electron chi connectivity index (χ0n) is 9.03. The Morgan fingerprint density at radius 3 is 2.88 bits per heavy atom. The lowest BCUT2D eigenvalue weighted by molar-refractivity contribution is -0.125. The third-order valence-corrected chi connectivity index (χ3v) is 2.29. The summed E-state index contributed by atoms with van der Waals surface area (Å²) in [5, 5.41) is 12.0. The van der Waals surface area contributed by atoms with Crippen molar-refractivity contribution >= 4 is 5.91 Å². The van der Waals surface area contributed by atoms with Gasteiger partial charge in [0.05, 0.1) is 0 Å². The number of aliphatic hydroxyl groups excluding tert-OH is 1. The maximum atomic E-state index is 12.8. The van der Waals surface area contributed by atoms with E-state index in [-0.39, 0.29) is 12.4 Å². The van der Waals surface area contributed by atoms with Gasteiger partial charge >= 0.3 is 0 Å². The molecule has 0 aliphatic carbocycles. The molecule has 0 heterocycles. The first kappa shape index (κ1) is 12.6. The summed E-state index contributed by atoms with van der Waals surface area (Å²) in [6.07, 6.45) is -1.19. The SMILES string of the molecule is Cc1cc(F)ccc1CNCC(O)C(N)=O. The van der Waals surface area contributed by atoms with Crippen LogP contribution < -0.4 is 11.1 Å². The summed E-state index contributed by atoms with van der Waals surface area (Å²) in [6, 6.07) is 4.46. The highest BCUT2D eigenvalue weighted by Crippen LogP contribution is 2.09. The van der Waals surface area contributed by atoms with Crippen molar-refractivity contribution in [3.8, 4) is 0 Å². The molecule has 4 nitrogen and oxygen atoms in total. The molecule has 1 aromatic rings. The highest BCUT2D eigenvalue weighted by molar-refractivity contribution is 5.78. The van der Waals surface area contributed by atoms with Gasteiger partial charge in [0.1, 0.15) is 11.9 Å². The summed E-state index contributed by atoms with van der Waals surface area (Å²) in [7, 11) is 0. The van der Waals surface area contributed by atoms with Crippen LogP contribution in [0.4, 0.5) is 4.39 Å². The topological polar surface area (TPSA) is 75.3 Å². The number of primary amides is 1. The molecule has 88 valence electrons. The Labute approximate surface area is 93.3 Å². The van der Waals surface area contributed by atoms with Gasteiger partial charge in [-0.1, -0.05) is 6.07 Å². The minimum atomic E-state index is -1.19. The molecule has 0 spiro atoms. The van der Waals surface area contributed by atoms with Gasteiger partial charge in [-0.2, -0.15) is 0 Å². The fourth-order valence-corrected chi connectivity index (χ4v) is 1.30. The predicted octanol–water partition coefficient (Wildman–Crippen LogP) is 0.0699. The van der Waals surface area contributed by atoms with Crippen molar-refractivity contribution in [3.63, 3.8) is 0 Å². The van der Waals surface area contributed by atoms with Crippen LogP contribution in [-0.4, -0.2) is 23.7 Å². The molecule has 0 aliphatic rings. The molecule has 0 saturated heterocycles. The standard InChI is InChI=1S/C11H15FN2O2/c1-7-4-9(12)3-2-8(7)5-14-6-10(15)11(13)16/h2-4,10,14-15H,5-6H2,1H3,(H2,13,16). The summed E-state index contributed by atoms with van der Waals surface area (Å²) < 4.78 is 12.8. The van der Waals surface area contributed by atoms with Crippen LogP contribution in [0.2, 0.25) is 0 Å². The van der Waals surface area contributed by atoms with Crippen molar-refractivity contribution in [3.05, 3.63) is 35.1 Å². The van der Waals surface area contributed by atoms with E-state index in [1.807, 2.05) is 0 Å². The Hall–Kier alpha value is -1.46. The number of carbonyl (C=O) groups is 1. The van der Waals surface area contributed by atoms with Gasteiger partial charge in [0.25, 0.3) is 0 Å². The first-order valence-electron chi connectivity index (χ1n) is 4.94. The van der Waals surface area contributed by atoms with Crippen molar-refractivity contribution in [2.24, 2.45) is 5.73 Å². The second-order valence-electron chi connectivity index (χ2n) is 3.62. The van der Waals surface area contributed by atoms with E-state index in [0.717, 1.165) is 11.1 Å². The number of hydrogen-bond acceptors (Lipinski definition) is 3. The van der Waals surface area contributed by atoms with Gasteiger partial charge in [-0.25, -0.2) is 4.39 Å². The van der Waals surface area contributed by atoms with E-state index in [0.29, 0.717) is 6.54 Å². The van der Waals surface area contributed by atoms with Crippen molar-refractivity contribution in [2.75, 3.05) is 6.54 Å². The average Bonchev–Trinajstić information content (AvgIpc) is 2.20. The Morgan fingerprint density at radius 1 is 1.62 bits per heavy atom. The molecule has 1 rings (SSSR count). The second kappa shape index (κ2) is 5.58. The summed E-state index contributed by atoms with van der Waals surface area (Å²) in [6.45, 7) is 2.34. The summed E-state index contributed by atoms with van der Waals surface area (Å²) in [5.74, 6) is -1.04. The Balaban J connectivity index is 2.46. The van der Waals surface area contributed by atoms with Crippen molar-refractivity contribution < 1.29 is 14.3 Å². The molecule has 0 bridgehead atoms. The highest BCUT2D eigenvalue weighted by atomic mass is 19.1. The number of benzene rings is 1. The number of aliphatic hydroxyl groups is 1. The number of rotatable bonds is 5. The van der Waals surface area contributed by atoms with Gasteiger partial charge in [-0.3, -0.25) is 4.79 Å². The molecular weight excluding hydrogens is 211 g/mol. The number of amides is 1. The molecular formula is C11H15FN2O2. The molecule has 1 unspecified atom stereocenters. The molecule has 0 aliphatic heterocycles. The molecule has 4 N–H and O–H groups in total. The van der Waals surface area contributed by atoms with E-state index >= 15 is 0 Å². The Bertz CT molecular complexity index is 382. The Kier molecular flexibility index (Phi) is 4.39. The molecule has 1 aromatic carbocycles. The summed E-state index contributed by atoms with van der Waals surface area (Å²) in [5.41, 5.74) is 6.62. The smallest absolute Gasteiger partial charge is 0.247 e. The predicted molar refractivity (Wildman–Crippen MR) is 58.0 cm³/mol. The molecule has 1 amide bonds. The van der Waals surface area contributed by atoms with E-state index < -0.39 is 12.0 Å². The van der Waals surface area contributed by atoms with Crippen LogP contribution in [0.25, 0.3) is 0 Å². The third-order valence-electron chi connectivity index (χ3n) is 2.29. The number of halogens is 1. The maximum absolute atomic E-state index is 12.8. The molecule has 1 atom stereocenters. The first-order valence-corrected chi connectivity index (χ1v) is 4.94. The molecule has 0 fully saturated rings. The van der Waals surface area contributed by atoms with E-state index in [1.54, 1.807) is 13.0 Å². The lowest BCUT2D eigenvalue weighted by Crippen LogP contribution is -2.37. The van der Waals surface area contributed by atoms with Gasteiger partial charge in [0.2, 0.25) is 5.91 Å². The number of hydrogen-bond donors (Lipinski definition) is 3. The minimum Gasteiger partial charge on any atom is -0.382 e. The first-order chi connectivity index (χ1) is 7.50. The summed E-state index contributed by atoms with van der Waals surface area (Å²) in [4.78, 5) is 10.5. The number of carbonyl (C=O) groups excluding carboxylic acids is 1. The molecule has 0 saturated carbocycles. The average molecular weight is 226 g/mol. The van der Waals surface area contributed by atoms with Crippen LogP contribution in [0.5, 0.6) is 0 Å². The van der Waals surface area contributed by atoms with Gasteiger partial charge < -0.3 is 16.2 Å². The molecule has 0 radical (unpaired) electrons. The lowest BCUT2D eigenvalue weighted by atomic mass is 10.1. The van der Waals surface area contributed by atoms with Crippen LogP contribution in [-0.2, 0) is 11.3 Å². The number of nitrogens with one attached hydrogen (secondary N) is 1. The van der Waals surface area contributed by atoms with Gasteiger partial charge in [0.15, 0.2) is 0 Å². The minimum absolute atomic E-state index is 0.0894. The highest BCUT2D eigenvalue weighted by Gasteiger charge is 2.09. The Morgan fingerprint density at radius 2 is 2.31 bits per heavy atom. The van der Waals surface area contributed by atoms with E-state index in [4.69, 9.17) is 10.8 Å². The zero-order chi connectivity index (χ0) is 12.1. The van der Waals surface area contributed by atoms with E-state index in [2.05, 4.69) is 5.32 Å². The molecule has 0 aromatic heterocycles. The van der Waals surface area contributed by atoms with Crippen LogP contribution in [0, 0.1) is 12.7 Å². The lowest BCUT2D eigenvalue weighted by Gasteiger charge is -2.10. The summed E-state index contributed by atoms with van der Waals surface area (Å²) >= 11 is 0. The van der Waals surface area contributed by atoms with Gasteiger partial charge in [-0.15, -0.1) is 0 Å². The zero-order valence-corrected chi connectivity index (χ0v) is 9.03. The van der Waals surface area contributed by atoms with E-state index in [9.17, 15) is 9.18 Å². The molecule has 5 heteroatoms. The number of aryl methyl sites for hydroxylation is 1. The van der Waals surface area contributed by atoms with Gasteiger partial charge in [0, 0.05) is 13.1 Å². The van der Waals surface area contributed by atoms with Crippen molar-refractivity contribution in [1.82, 2.24) is 5.32 Å². The maximum Gasteiger partial charge on any atom is 0.247 e. The third kappa shape index (κ3) is 3.60.